The Hall–Kier alpha value is -1.89. The molecule has 0 saturated heterocycles. The number of sulfone groups is 1. The monoisotopic (exact) mass is 280 g/mol. The number of aromatic nitrogens is 3. The molecule has 1 aromatic heterocycles. The van der Waals surface area contributed by atoms with Crippen LogP contribution in [0.2, 0.25) is 0 Å². The van der Waals surface area contributed by atoms with E-state index in [4.69, 9.17) is 5.73 Å². The van der Waals surface area contributed by atoms with Crippen LogP contribution in [0, 0.1) is 0 Å². The molecule has 1 aromatic carbocycles. The molecule has 1 heterocycles. The van der Waals surface area contributed by atoms with Crippen LogP contribution in [0.3, 0.4) is 0 Å². The highest BCUT2D eigenvalue weighted by Crippen LogP contribution is 2.23. The zero-order chi connectivity index (χ0) is 13.9. The minimum absolute atomic E-state index is 0.0947. The molecule has 0 aliphatic carbocycles. The van der Waals surface area contributed by atoms with Crippen LogP contribution in [0.1, 0.15) is 19.8 Å². The Balaban J connectivity index is 2.40. The highest BCUT2D eigenvalue weighted by atomic mass is 32.2. The lowest BCUT2D eigenvalue weighted by Crippen LogP contribution is -2.08. The van der Waals surface area contributed by atoms with E-state index < -0.39 is 9.84 Å². The predicted molar refractivity (Wildman–Crippen MR) is 71.2 cm³/mol. The summed E-state index contributed by atoms with van der Waals surface area (Å²) in [5.74, 6) is 0.0947. The molecule has 0 aliphatic heterocycles. The van der Waals surface area contributed by atoms with Crippen molar-refractivity contribution in [3.8, 4) is 0 Å². The van der Waals surface area contributed by atoms with E-state index in [2.05, 4.69) is 10.3 Å². The van der Waals surface area contributed by atoms with Gasteiger partial charge in [0.2, 0.25) is 14.9 Å². The lowest BCUT2D eigenvalue weighted by Gasteiger charge is -2.03. The number of hydrogen-bond acceptors (Lipinski definition) is 5. The fraction of sp³-hybridized carbons (Fsp3) is 0.333. The molecule has 0 radical (unpaired) electrons. The summed E-state index contributed by atoms with van der Waals surface area (Å²) in [6, 6.07) is 8.09. The van der Waals surface area contributed by atoms with Crippen molar-refractivity contribution in [2.45, 2.75) is 36.2 Å². The van der Waals surface area contributed by atoms with E-state index in [1.54, 1.807) is 18.2 Å². The van der Waals surface area contributed by atoms with Crippen LogP contribution < -0.4 is 5.73 Å². The Kier molecular flexibility index (Phi) is 3.84. The van der Waals surface area contributed by atoms with Crippen LogP contribution in [0.15, 0.2) is 40.3 Å². The number of benzene rings is 1. The van der Waals surface area contributed by atoms with Crippen LogP contribution in [0.5, 0.6) is 0 Å². The molecule has 2 N–H and O–H groups in total. The van der Waals surface area contributed by atoms with Crippen molar-refractivity contribution in [1.82, 2.24) is 15.0 Å². The molecule has 6 nitrogen and oxygen atoms in total. The van der Waals surface area contributed by atoms with Gasteiger partial charge in [-0.25, -0.2) is 13.1 Å². The molecule has 0 aliphatic rings. The SMILES string of the molecule is CCCCn1nnc(S(=O)(=O)c2ccccc2)c1N. The summed E-state index contributed by atoms with van der Waals surface area (Å²) < 4.78 is 26.1. The minimum atomic E-state index is -3.69. The molecule has 0 saturated carbocycles. The van der Waals surface area contributed by atoms with Crippen LogP contribution in [0.25, 0.3) is 0 Å². The standard InChI is InChI=1S/C12H16N4O2S/c1-2-3-9-16-11(13)12(14-15-16)19(17,18)10-7-5-4-6-8-10/h4-8H,2-3,9,13H2,1H3. The van der Waals surface area contributed by atoms with Crippen molar-refractivity contribution in [2.75, 3.05) is 5.73 Å². The molecule has 2 rings (SSSR count). The second kappa shape index (κ2) is 5.40. The summed E-state index contributed by atoms with van der Waals surface area (Å²) in [6.07, 6.45) is 1.85. The van der Waals surface area contributed by atoms with Crippen molar-refractivity contribution in [3.63, 3.8) is 0 Å². The van der Waals surface area contributed by atoms with Gasteiger partial charge in [0.1, 0.15) is 0 Å². The van der Waals surface area contributed by atoms with Gasteiger partial charge in [0, 0.05) is 6.54 Å². The van der Waals surface area contributed by atoms with Gasteiger partial charge < -0.3 is 5.73 Å². The van der Waals surface area contributed by atoms with E-state index in [9.17, 15) is 8.42 Å². The first kappa shape index (κ1) is 13.5. The Morgan fingerprint density at radius 1 is 1.26 bits per heavy atom. The number of anilines is 1. The lowest BCUT2D eigenvalue weighted by molar-refractivity contribution is 0.558. The molecule has 0 amide bonds. The maximum atomic E-state index is 12.3. The maximum absolute atomic E-state index is 12.3. The molecule has 0 unspecified atom stereocenters. The average Bonchev–Trinajstić information content (AvgIpc) is 2.79. The number of hydrogen-bond donors (Lipinski definition) is 1. The second-order valence-corrected chi connectivity index (χ2v) is 6.04. The van der Waals surface area contributed by atoms with Gasteiger partial charge in [-0.3, -0.25) is 0 Å². The molecule has 0 atom stereocenters. The summed E-state index contributed by atoms with van der Waals surface area (Å²) in [5, 5.41) is 7.35. The van der Waals surface area contributed by atoms with E-state index in [-0.39, 0.29) is 15.7 Å². The molecule has 0 bridgehead atoms. The van der Waals surface area contributed by atoms with E-state index in [0.29, 0.717) is 6.54 Å². The van der Waals surface area contributed by atoms with Crippen molar-refractivity contribution < 1.29 is 8.42 Å². The number of nitrogens with zero attached hydrogens (tertiary/aromatic N) is 3. The third-order valence-corrected chi connectivity index (χ3v) is 4.46. The quantitative estimate of drug-likeness (QED) is 0.896. The topological polar surface area (TPSA) is 90.9 Å². The zero-order valence-corrected chi connectivity index (χ0v) is 11.5. The molecule has 0 fully saturated rings. The summed E-state index contributed by atoms with van der Waals surface area (Å²) >= 11 is 0. The summed E-state index contributed by atoms with van der Waals surface area (Å²) in [6.45, 7) is 2.61. The minimum Gasteiger partial charge on any atom is -0.381 e. The molecule has 0 spiro atoms. The Morgan fingerprint density at radius 3 is 2.58 bits per heavy atom. The lowest BCUT2D eigenvalue weighted by atomic mass is 10.3. The fourth-order valence-electron chi connectivity index (χ4n) is 1.68. The number of nitrogen functional groups attached to an aromatic ring is 1. The van der Waals surface area contributed by atoms with Crippen LogP contribution in [-0.4, -0.2) is 23.4 Å². The number of rotatable bonds is 5. The van der Waals surface area contributed by atoms with Crippen molar-refractivity contribution in [1.29, 1.82) is 0 Å². The third-order valence-electron chi connectivity index (χ3n) is 2.77. The fourth-order valence-corrected chi connectivity index (χ4v) is 2.94. The van der Waals surface area contributed by atoms with E-state index in [1.165, 1.54) is 16.8 Å². The van der Waals surface area contributed by atoms with Crippen molar-refractivity contribution in [3.05, 3.63) is 30.3 Å². The van der Waals surface area contributed by atoms with Gasteiger partial charge in [-0.1, -0.05) is 36.8 Å². The molecule has 102 valence electrons. The molecular weight excluding hydrogens is 264 g/mol. The molecule has 7 heteroatoms. The van der Waals surface area contributed by atoms with E-state index in [1.807, 2.05) is 6.92 Å². The normalized spacial score (nSPS) is 11.6. The van der Waals surface area contributed by atoms with Gasteiger partial charge in [0.25, 0.3) is 0 Å². The number of unbranched alkanes of at least 4 members (excludes halogenated alkanes) is 1. The number of nitrogens with two attached hydrogens (primary N) is 1. The van der Waals surface area contributed by atoms with Crippen molar-refractivity contribution in [2.24, 2.45) is 0 Å². The van der Waals surface area contributed by atoms with Gasteiger partial charge >= 0.3 is 0 Å². The number of aryl methyl sites for hydroxylation is 1. The van der Waals surface area contributed by atoms with E-state index >= 15 is 0 Å². The average molecular weight is 280 g/mol. The Labute approximate surface area is 112 Å². The van der Waals surface area contributed by atoms with Crippen LogP contribution >= 0.6 is 0 Å². The highest BCUT2D eigenvalue weighted by Gasteiger charge is 2.25. The smallest absolute Gasteiger partial charge is 0.229 e. The Morgan fingerprint density at radius 2 is 1.95 bits per heavy atom. The van der Waals surface area contributed by atoms with Gasteiger partial charge in [-0.2, -0.15) is 0 Å². The van der Waals surface area contributed by atoms with Crippen molar-refractivity contribution >= 4 is 15.7 Å². The predicted octanol–water partition coefficient (Wildman–Crippen LogP) is 1.49. The second-order valence-electron chi connectivity index (χ2n) is 4.17. The zero-order valence-electron chi connectivity index (χ0n) is 10.7. The first-order valence-corrected chi connectivity index (χ1v) is 7.54. The van der Waals surface area contributed by atoms with Gasteiger partial charge in [-0.15, -0.1) is 5.10 Å². The summed E-state index contributed by atoms with van der Waals surface area (Å²) in [5.41, 5.74) is 5.83. The molecule has 19 heavy (non-hydrogen) atoms. The molecular formula is C12H16N4O2S. The van der Waals surface area contributed by atoms with Gasteiger partial charge in [-0.05, 0) is 18.6 Å². The van der Waals surface area contributed by atoms with Crippen LogP contribution in [0.4, 0.5) is 5.82 Å². The first-order chi connectivity index (χ1) is 9.07. The highest BCUT2D eigenvalue weighted by molar-refractivity contribution is 7.91. The van der Waals surface area contributed by atoms with Gasteiger partial charge in [0.15, 0.2) is 5.82 Å². The Bertz CT molecular complexity index is 650. The maximum Gasteiger partial charge on any atom is 0.229 e. The third kappa shape index (κ3) is 2.60. The first-order valence-electron chi connectivity index (χ1n) is 6.06. The van der Waals surface area contributed by atoms with Crippen LogP contribution in [-0.2, 0) is 16.4 Å². The largest absolute Gasteiger partial charge is 0.381 e. The summed E-state index contributed by atoms with van der Waals surface area (Å²) in [7, 11) is -3.69. The molecule has 2 aromatic rings. The van der Waals surface area contributed by atoms with Gasteiger partial charge in [0.05, 0.1) is 4.90 Å². The summed E-state index contributed by atoms with van der Waals surface area (Å²) in [4.78, 5) is 0.171. The van der Waals surface area contributed by atoms with E-state index in [0.717, 1.165) is 12.8 Å².